The first kappa shape index (κ1) is 14.2. The summed E-state index contributed by atoms with van der Waals surface area (Å²) in [6.45, 7) is 5.93. The van der Waals surface area contributed by atoms with Crippen molar-refractivity contribution in [3.8, 4) is 5.69 Å². The zero-order valence-electron chi connectivity index (χ0n) is 12.9. The van der Waals surface area contributed by atoms with Crippen molar-refractivity contribution in [2.45, 2.75) is 20.8 Å². The normalized spacial score (nSPS) is 10.7. The maximum Gasteiger partial charge on any atom is 0.215 e. The summed E-state index contributed by atoms with van der Waals surface area (Å²) in [6, 6.07) is 13.7. The number of benzene rings is 2. The smallest absolute Gasteiger partial charge is 0.215 e. The van der Waals surface area contributed by atoms with Gasteiger partial charge in [-0.15, -0.1) is 5.10 Å². The number of carbonyl (C=O) groups excluding carboxylic acids is 1. The molecule has 0 bridgehead atoms. The molecule has 0 amide bonds. The molecule has 0 spiro atoms. The Morgan fingerprint density at radius 1 is 1.00 bits per heavy atom. The van der Waals surface area contributed by atoms with Gasteiger partial charge in [-0.25, -0.2) is 4.68 Å². The molecule has 0 saturated heterocycles. The minimum atomic E-state index is -0.0859. The van der Waals surface area contributed by atoms with Crippen LogP contribution in [0.2, 0.25) is 0 Å². The quantitative estimate of drug-likeness (QED) is 0.695. The first-order valence-electron chi connectivity index (χ1n) is 7.16. The summed E-state index contributed by atoms with van der Waals surface area (Å²) in [5, 5.41) is 8.09. The predicted octanol–water partition coefficient (Wildman–Crippen LogP) is 3.42. The van der Waals surface area contributed by atoms with Gasteiger partial charge in [0.05, 0.1) is 11.9 Å². The molecule has 110 valence electrons. The van der Waals surface area contributed by atoms with Crippen LogP contribution in [0.1, 0.15) is 32.7 Å². The molecule has 0 atom stereocenters. The summed E-state index contributed by atoms with van der Waals surface area (Å²) >= 11 is 0. The van der Waals surface area contributed by atoms with Crippen LogP contribution in [-0.2, 0) is 0 Å². The standard InChI is InChI=1S/C18H17N3O/c1-12-9-13(2)17(14(3)10-12)18(22)16-11-21(20-19-16)15-7-5-4-6-8-15/h4-11H,1-3H3. The van der Waals surface area contributed by atoms with Crippen LogP contribution < -0.4 is 0 Å². The molecular weight excluding hydrogens is 274 g/mol. The van der Waals surface area contributed by atoms with Crippen LogP contribution in [-0.4, -0.2) is 20.8 Å². The van der Waals surface area contributed by atoms with Gasteiger partial charge in [0, 0.05) is 5.56 Å². The molecule has 0 aliphatic carbocycles. The van der Waals surface area contributed by atoms with Gasteiger partial charge in [-0.1, -0.05) is 41.1 Å². The Bertz CT molecular complexity index is 812. The second kappa shape index (κ2) is 5.56. The van der Waals surface area contributed by atoms with Crippen LogP contribution in [0.25, 0.3) is 5.69 Å². The fourth-order valence-corrected chi connectivity index (χ4v) is 2.74. The molecule has 3 rings (SSSR count). The van der Waals surface area contributed by atoms with Gasteiger partial charge < -0.3 is 0 Å². The van der Waals surface area contributed by atoms with Crippen molar-refractivity contribution in [3.63, 3.8) is 0 Å². The lowest BCUT2D eigenvalue weighted by Gasteiger charge is -2.08. The fourth-order valence-electron chi connectivity index (χ4n) is 2.74. The minimum absolute atomic E-state index is 0.0859. The molecule has 0 unspecified atom stereocenters. The van der Waals surface area contributed by atoms with E-state index in [0.29, 0.717) is 11.3 Å². The van der Waals surface area contributed by atoms with Crippen molar-refractivity contribution >= 4 is 5.78 Å². The molecule has 0 aliphatic rings. The average molecular weight is 291 g/mol. The first-order valence-corrected chi connectivity index (χ1v) is 7.16. The van der Waals surface area contributed by atoms with Gasteiger partial charge in [0.25, 0.3) is 0 Å². The Morgan fingerprint density at radius 3 is 2.27 bits per heavy atom. The molecule has 4 heteroatoms. The molecule has 4 nitrogen and oxygen atoms in total. The van der Waals surface area contributed by atoms with E-state index in [0.717, 1.165) is 22.4 Å². The van der Waals surface area contributed by atoms with Crippen molar-refractivity contribution in [1.82, 2.24) is 15.0 Å². The number of aryl methyl sites for hydroxylation is 3. The molecule has 0 fully saturated rings. The number of nitrogens with zero attached hydrogens (tertiary/aromatic N) is 3. The molecule has 2 aromatic carbocycles. The van der Waals surface area contributed by atoms with Crippen LogP contribution in [0.4, 0.5) is 0 Å². The van der Waals surface area contributed by atoms with Gasteiger partial charge in [-0.2, -0.15) is 0 Å². The third kappa shape index (κ3) is 2.55. The highest BCUT2D eigenvalue weighted by molar-refractivity contribution is 6.09. The van der Waals surface area contributed by atoms with Gasteiger partial charge in [0.1, 0.15) is 0 Å². The molecule has 0 N–H and O–H groups in total. The summed E-state index contributed by atoms with van der Waals surface area (Å²) in [5.74, 6) is -0.0859. The lowest BCUT2D eigenvalue weighted by atomic mass is 9.95. The molecule has 3 aromatic rings. The monoisotopic (exact) mass is 291 g/mol. The number of hydrogen-bond acceptors (Lipinski definition) is 3. The lowest BCUT2D eigenvalue weighted by molar-refractivity contribution is 0.103. The molecule has 1 aromatic heterocycles. The van der Waals surface area contributed by atoms with E-state index in [9.17, 15) is 4.79 Å². The van der Waals surface area contributed by atoms with Gasteiger partial charge >= 0.3 is 0 Å². The number of aromatic nitrogens is 3. The maximum absolute atomic E-state index is 12.7. The van der Waals surface area contributed by atoms with E-state index in [1.54, 1.807) is 10.9 Å². The zero-order chi connectivity index (χ0) is 15.7. The molecule has 0 aliphatic heterocycles. The molecular formula is C18H17N3O. The summed E-state index contributed by atoms with van der Waals surface area (Å²) in [7, 11) is 0. The Kier molecular flexibility index (Phi) is 3.59. The van der Waals surface area contributed by atoms with Gasteiger partial charge in [0.2, 0.25) is 5.78 Å². The van der Waals surface area contributed by atoms with E-state index in [2.05, 4.69) is 10.3 Å². The largest absolute Gasteiger partial charge is 0.287 e. The average Bonchev–Trinajstić information content (AvgIpc) is 2.97. The van der Waals surface area contributed by atoms with Crippen molar-refractivity contribution in [2.75, 3.05) is 0 Å². The molecule has 0 radical (unpaired) electrons. The van der Waals surface area contributed by atoms with E-state index < -0.39 is 0 Å². The predicted molar refractivity (Wildman–Crippen MR) is 85.4 cm³/mol. The van der Waals surface area contributed by atoms with E-state index >= 15 is 0 Å². The van der Waals surface area contributed by atoms with Crippen molar-refractivity contribution < 1.29 is 4.79 Å². The number of hydrogen-bond donors (Lipinski definition) is 0. The highest BCUT2D eigenvalue weighted by Crippen LogP contribution is 2.19. The minimum Gasteiger partial charge on any atom is -0.287 e. The lowest BCUT2D eigenvalue weighted by Crippen LogP contribution is -2.07. The zero-order valence-corrected chi connectivity index (χ0v) is 12.9. The van der Waals surface area contributed by atoms with Crippen LogP contribution in [0, 0.1) is 20.8 Å². The second-order valence-corrected chi connectivity index (χ2v) is 5.49. The maximum atomic E-state index is 12.7. The van der Waals surface area contributed by atoms with E-state index in [1.165, 1.54) is 0 Å². The summed E-state index contributed by atoms with van der Waals surface area (Å²) in [6.07, 6.45) is 1.68. The number of ketones is 1. The third-order valence-corrected chi connectivity index (χ3v) is 3.65. The van der Waals surface area contributed by atoms with Crippen molar-refractivity contribution in [1.29, 1.82) is 0 Å². The Hall–Kier alpha value is -2.75. The Balaban J connectivity index is 1.99. The summed E-state index contributed by atoms with van der Waals surface area (Å²) in [5.41, 5.74) is 5.05. The van der Waals surface area contributed by atoms with Crippen LogP contribution >= 0.6 is 0 Å². The summed E-state index contributed by atoms with van der Waals surface area (Å²) in [4.78, 5) is 12.7. The SMILES string of the molecule is Cc1cc(C)c(C(=O)c2cn(-c3ccccc3)nn2)c(C)c1. The van der Waals surface area contributed by atoms with E-state index in [4.69, 9.17) is 0 Å². The number of carbonyl (C=O) groups is 1. The van der Waals surface area contributed by atoms with Crippen LogP contribution in [0.5, 0.6) is 0 Å². The molecule has 22 heavy (non-hydrogen) atoms. The molecule has 1 heterocycles. The topological polar surface area (TPSA) is 47.8 Å². The van der Waals surface area contributed by atoms with Crippen molar-refractivity contribution in [2.24, 2.45) is 0 Å². The van der Waals surface area contributed by atoms with Crippen molar-refractivity contribution in [3.05, 3.63) is 76.6 Å². The summed E-state index contributed by atoms with van der Waals surface area (Å²) < 4.78 is 1.62. The Labute approximate surface area is 129 Å². The number of rotatable bonds is 3. The van der Waals surface area contributed by atoms with E-state index in [1.807, 2.05) is 63.2 Å². The highest BCUT2D eigenvalue weighted by Gasteiger charge is 2.18. The Morgan fingerprint density at radius 2 is 1.64 bits per heavy atom. The van der Waals surface area contributed by atoms with E-state index in [-0.39, 0.29) is 5.78 Å². The van der Waals surface area contributed by atoms with Gasteiger partial charge in [0.15, 0.2) is 5.69 Å². The van der Waals surface area contributed by atoms with Gasteiger partial charge in [-0.3, -0.25) is 4.79 Å². The third-order valence-electron chi connectivity index (χ3n) is 3.65. The van der Waals surface area contributed by atoms with Gasteiger partial charge in [-0.05, 0) is 44.0 Å². The second-order valence-electron chi connectivity index (χ2n) is 5.49. The fraction of sp³-hybridized carbons (Fsp3) is 0.167. The number of para-hydroxylation sites is 1. The molecule has 0 saturated carbocycles. The highest BCUT2D eigenvalue weighted by atomic mass is 16.1. The first-order chi connectivity index (χ1) is 10.6. The van der Waals surface area contributed by atoms with Crippen LogP contribution in [0.15, 0.2) is 48.7 Å². The van der Waals surface area contributed by atoms with Crippen LogP contribution in [0.3, 0.4) is 0 Å².